The molecule has 156 valence electrons. The Balaban J connectivity index is 1.68. The van der Waals surface area contributed by atoms with Crippen LogP contribution in [-0.2, 0) is 24.4 Å². The van der Waals surface area contributed by atoms with E-state index < -0.39 is 0 Å². The molecular weight excluding hydrogens is 392 g/mol. The quantitative estimate of drug-likeness (QED) is 0.401. The van der Waals surface area contributed by atoms with Gasteiger partial charge in [0.05, 0.1) is 23.8 Å². The van der Waals surface area contributed by atoms with E-state index in [-0.39, 0.29) is 0 Å². The maximum absolute atomic E-state index is 6.24. The predicted molar refractivity (Wildman–Crippen MR) is 118 cm³/mol. The van der Waals surface area contributed by atoms with Gasteiger partial charge in [-0.25, -0.2) is 0 Å². The standard InChI is InChI=1S/C24H22N4O3/c1-3-20-27-24(28-31-20)23-16(14-29-2)21-18(12-25-23)26-17-10-7-11-19(22(17)21)30-13-15-8-5-4-6-9-15/h4-12,26H,3,13-14H2,1-2H3. The Morgan fingerprint density at radius 2 is 1.84 bits per heavy atom. The Morgan fingerprint density at radius 1 is 0.968 bits per heavy atom. The number of rotatable bonds is 7. The minimum Gasteiger partial charge on any atom is -0.488 e. The zero-order valence-corrected chi connectivity index (χ0v) is 17.4. The van der Waals surface area contributed by atoms with Crippen molar-refractivity contribution >= 4 is 21.8 Å². The number of fused-ring (bicyclic) bond motifs is 3. The molecular formula is C24H22N4O3. The van der Waals surface area contributed by atoms with Crippen molar-refractivity contribution in [1.82, 2.24) is 20.1 Å². The van der Waals surface area contributed by atoms with Gasteiger partial charge in [0.1, 0.15) is 18.1 Å². The Kier molecular flexibility index (Phi) is 5.09. The van der Waals surface area contributed by atoms with Crippen LogP contribution < -0.4 is 4.74 Å². The van der Waals surface area contributed by atoms with Gasteiger partial charge in [-0.3, -0.25) is 4.98 Å². The van der Waals surface area contributed by atoms with E-state index in [1.54, 1.807) is 13.3 Å². The van der Waals surface area contributed by atoms with Crippen molar-refractivity contribution in [3.8, 4) is 17.3 Å². The number of ether oxygens (including phenoxy) is 2. The first-order valence-corrected chi connectivity index (χ1v) is 10.2. The van der Waals surface area contributed by atoms with Gasteiger partial charge in [-0.15, -0.1) is 0 Å². The molecule has 31 heavy (non-hydrogen) atoms. The molecule has 0 saturated carbocycles. The zero-order valence-electron chi connectivity index (χ0n) is 17.4. The highest BCUT2D eigenvalue weighted by Crippen LogP contribution is 2.38. The van der Waals surface area contributed by atoms with Gasteiger partial charge in [0, 0.05) is 29.9 Å². The highest BCUT2D eigenvalue weighted by Gasteiger charge is 2.21. The van der Waals surface area contributed by atoms with Gasteiger partial charge in [0.2, 0.25) is 11.7 Å². The second-order valence-corrected chi connectivity index (χ2v) is 7.25. The third kappa shape index (κ3) is 3.53. The molecule has 5 aromatic rings. The number of pyridine rings is 1. The number of aryl methyl sites for hydroxylation is 1. The number of hydrogen-bond donors (Lipinski definition) is 1. The summed E-state index contributed by atoms with van der Waals surface area (Å²) in [5.74, 6) is 1.83. The van der Waals surface area contributed by atoms with Crippen LogP contribution in [0.1, 0.15) is 23.9 Å². The van der Waals surface area contributed by atoms with Gasteiger partial charge in [-0.1, -0.05) is 48.5 Å². The second kappa shape index (κ2) is 8.20. The molecule has 1 N–H and O–H groups in total. The van der Waals surface area contributed by atoms with Crippen LogP contribution in [0.15, 0.2) is 59.3 Å². The molecule has 0 atom stereocenters. The lowest BCUT2D eigenvalue weighted by atomic mass is 10.0. The van der Waals surface area contributed by atoms with Gasteiger partial charge in [-0.2, -0.15) is 4.98 Å². The van der Waals surface area contributed by atoms with Gasteiger partial charge in [-0.05, 0) is 17.7 Å². The largest absolute Gasteiger partial charge is 0.488 e. The summed E-state index contributed by atoms with van der Waals surface area (Å²) in [6.07, 6.45) is 2.46. The average Bonchev–Trinajstić information content (AvgIpc) is 3.43. The van der Waals surface area contributed by atoms with Crippen molar-refractivity contribution in [1.29, 1.82) is 0 Å². The first-order chi connectivity index (χ1) is 15.3. The van der Waals surface area contributed by atoms with E-state index in [0.717, 1.165) is 38.7 Å². The zero-order chi connectivity index (χ0) is 21.2. The van der Waals surface area contributed by atoms with Crippen molar-refractivity contribution in [3.63, 3.8) is 0 Å². The number of nitrogens with zero attached hydrogens (tertiary/aromatic N) is 3. The van der Waals surface area contributed by atoms with Crippen molar-refractivity contribution < 1.29 is 14.0 Å². The molecule has 0 spiro atoms. The lowest BCUT2D eigenvalue weighted by Gasteiger charge is -2.11. The van der Waals surface area contributed by atoms with E-state index in [0.29, 0.717) is 37.0 Å². The Labute approximate surface area is 179 Å². The molecule has 0 aliphatic carbocycles. The van der Waals surface area contributed by atoms with Crippen molar-refractivity contribution in [2.45, 2.75) is 26.6 Å². The topological polar surface area (TPSA) is 86.1 Å². The molecule has 0 aliphatic heterocycles. The summed E-state index contributed by atoms with van der Waals surface area (Å²) in [6, 6.07) is 16.1. The molecule has 3 heterocycles. The van der Waals surface area contributed by atoms with Crippen LogP contribution in [0, 0.1) is 0 Å². The molecule has 0 aliphatic rings. The van der Waals surface area contributed by atoms with Gasteiger partial charge in [0.25, 0.3) is 0 Å². The lowest BCUT2D eigenvalue weighted by molar-refractivity contribution is 0.186. The maximum atomic E-state index is 6.24. The SMILES string of the molecule is CCc1nc(-c2ncc3[nH]c4cccc(OCc5ccccc5)c4c3c2COC)no1. The normalized spacial score (nSPS) is 11.4. The summed E-state index contributed by atoms with van der Waals surface area (Å²) in [6.45, 7) is 2.81. The van der Waals surface area contributed by atoms with E-state index in [2.05, 4.69) is 32.2 Å². The smallest absolute Gasteiger partial charge is 0.226 e. The molecule has 0 saturated heterocycles. The van der Waals surface area contributed by atoms with E-state index in [4.69, 9.17) is 14.0 Å². The Morgan fingerprint density at radius 3 is 2.61 bits per heavy atom. The molecule has 3 aromatic heterocycles. The monoisotopic (exact) mass is 414 g/mol. The first-order valence-electron chi connectivity index (χ1n) is 10.2. The second-order valence-electron chi connectivity index (χ2n) is 7.25. The number of H-pyrrole nitrogens is 1. The van der Waals surface area contributed by atoms with E-state index in [1.165, 1.54) is 0 Å². The number of methoxy groups -OCH3 is 1. The van der Waals surface area contributed by atoms with Crippen LogP contribution in [0.25, 0.3) is 33.3 Å². The number of aromatic nitrogens is 4. The molecule has 7 nitrogen and oxygen atoms in total. The molecule has 0 fully saturated rings. The number of aromatic amines is 1. The maximum Gasteiger partial charge on any atom is 0.226 e. The molecule has 0 bridgehead atoms. The fraction of sp³-hybridized carbons (Fsp3) is 0.208. The van der Waals surface area contributed by atoms with Gasteiger partial charge in [0.15, 0.2) is 0 Å². The number of nitrogens with one attached hydrogen (secondary N) is 1. The van der Waals surface area contributed by atoms with Crippen LogP contribution in [0.4, 0.5) is 0 Å². The number of benzene rings is 2. The highest BCUT2D eigenvalue weighted by atomic mass is 16.5. The average molecular weight is 414 g/mol. The van der Waals surface area contributed by atoms with Crippen molar-refractivity contribution in [2.24, 2.45) is 0 Å². The molecule has 2 aromatic carbocycles. The van der Waals surface area contributed by atoms with Crippen LogP contribution in [0.5, 0.6) is 5.75 Å². The van der Waals surface area contributed by atoms with Gasteiger partial charge >= 0.3 is 0 Å². The minimum atomic E-state index is 0.357. The molecule has 0 unspecified atom stereocenters. The van der Waals surface area contributed by atoms with Crippen molar-refractivity contribution in [3.05, 3.63) is 71.7 Å². The summed E-state index contributed by atoms with van der Waals surface area (Å²) in [5.41, 5.74) is 4.53. The summed E-state index contributed by atoms with van der Waals surface area (Å²) >= 11 is 0. The Hall–Kier alpha value is -3.71. The molecule has 7 heteroatoms. The summed E-state index contributed by atoms with van der Waals surface area (Å²) < 4.78 is 17.1. The molecule has 0 radical (unpaired) electrons. The first kappa shape index (κ1) is 19.3. The van der Waals surface area contributed by atoms with Gasteiger partial charge < -0.3 is 19.0 Å². The van der Waals surface area contributed by atoms with Crippen LogP contribution in [-0.4, -0.2) is 27.2 Å². The summed E-state index contributed by atoms with van der Waals surface area (Å²) in [7, 11) is 1.66. The third-order valence-electron chi connectivity index (χ3n) is 5.23. The van der Waals surface area contributed by atoms with Crippen LogP contribution >= 0.6 is 0 Å². The molecule has 0 amide bonds. The third-order valence-corrected chi connectivity index (χ3v) is 5.23. The minimum absolute atomic E-state index is 0.357. The van der Waals surface area contributed by atoms with E-state index >= 15 is 0 Å². The van der Waals surface area contributed by atoms with E-state index in [1.807, 2.05) is 43.3 Å². The number of hydrogen-bond acceptors (Lipinski definition) is 6. The Bertz CT molecular complexity index is 1340. The lowest BCUT2D eigenvalue weighted by Crippen LogP contribution is -1.99. The van der Waals surface area contributed by atoms with Crippen LogP contribution in [0.3, 0.4) is 0 Å². The molecule has 5 rings (SSSR count). The van der Waals surface area contributed by atoms with Crippen LogP contribution in [0.2, 0.25) is 0 Å². The fourth-order valence-corrected chi connectivity index (χ4v) is 3.80. The summed E-state index contributed by atoms with van der Waals surface area (Å²) in [4.78, 5) is 12.5. The van der Waals surface area contributed by atoms with Crippen molar-refractivity contribution in [2.75, 3.05) is 7.11 Å². The predicted octanol–water partition coefficient (Wildman–Crippen LogP) is 5.05. The highest BCUT2D eigenvalue weighted by molar-refractivity contribution is 6.12. The fourth-order valence-electron chi connectivity index (χ4n) is 3.80. The van der Waals surface area contributed by atoms with E-state index in [9.17, 15) is 0 Å². The summed E-state index contributed by atoms with van der Waals surface area (Å²) in [5, 5.41) is 6.11.